The predicted octanol–water partition coefficient (Wildman–Crippen LogP) is 4.30. The zero-order valence-corrected chi connectivity index (χ0v) is 20.3. The molecule has 172 valence electrons. The number of hydrogen-bond acceptors (Lipinski definition) is 8. The number of carbonyl (C=O) groups is 2. The minimum absolute atomic E-state index is 0.211. The van der Waals surface area contributed by atoms with Crippen molar-refractivity contribution in [3.05, 3.63) is 78.6 Å². The van der Waals surface area contributed by atoms with E-state index in [1.807, 2.05) is 42.7 Å². The molecule has 0 saturated carbocycles. The van der Waals surface area contributed by atoms with Gasteiger partial charge >= 0.3 is 11.9 Å². The highest BCUT2D eigenvalue weighted by Crippen LogP contribution is 2.29. The number of nitrogens with zero attached hydrogens (tertiary/aromatic N) is 1. The van der Waals surface area contributed by atoms with Crippen LogP contribution in [0.15, 0.2) is 78.0 Å². The van der Waals surface area contributed by atoms with Gasteiger partial charge in [0.15, 0.2) is 10.0 Å². The molecule has 7 nitrogen and oxygen atoms in total. The molecule has 2 atom stereocenters. The van der Waals surface area contributed by atoms with Crippen molar-refractivity contribution in [1.82, 2.24) is 4.98 Å². The fraction of sp³-hybridized carbons (Fsp3) is 0.174. The maximum absolute atomic E-state index is 12.8. The molecule has 0 aliphatic carbocycles. The van der Waals surface area contributed by atoms with Gasteiger partial charge in [0.05, 0.1) is 5.56 Å². The van der Waals surface area contributed by atoms with Gasteiger partial charge in [-0.3, -0.25) is 9.71 Å². The first-order valence-electron chi connectivity index (χ1n) is 9.94. The number of rotatable bonds is 10. The SMILES string of the molecule is CSCC[C@H](N)C(=O)OC(=O)c1ccc(NS(=O)Sc2cccnc2)cc1-c1ccccc1. The van der Waals surface area contributed by atoms with Gasteiger partial charge < -0.3 is 10.5 Å². The molecule has 1 unspecified atom stereocenters. The molecule has 0 aliphatic heterocycles. The number of nitrogens with one attached hydrogen (secondary N) is 1. The fourth-order valence-corrected chi connectivity index (χ4v) is 5.33. The first-order valence-corrected chi connectivity index (χ1v) is 13.8. The van der Waals surface area contributed by atoms with Crippen molar-refractivity contribution >= 4 is 50.2 Å². The highest BCUT2D eigenvalue weighted by Gasteiger charge is 2.22. The molecule has 3 aromatic rings. The average Bonchev–Trinajstić information content (AvgIpc) is 2.83. The molecule has 0 bridgehead atoms. The van der Waals surface area contributed by atoms with Crippen LogP contribution in [0, 0.1) is 0 Å². The predicted molar refractivity (Wildman–Crippen MR) is 135 cm³/mol. The Morgan fingerprint density at radius 2 is 1.94 bits per heavy atom. The number of hydrogen-bond donors (Lipinski definition) is 2. The number of aromatic nitrogens is 1. The van der Waals surface area contributed by atoms with E-state index >= 15 is 0 Å². The third-order valence-electron chi connectivity index (χ3n) is 4.46. The zero-order valence-electron chi connectivity index (χ0n) is 17.8. The summed E-state index contributed by atoms with van der Waals surface area (Å²) in [6.45, 7) is 0. The average molecular weight is 502 g/mol. The zero-order chi connectivity index (χ0) is 23.6. The first kappa shape index (κ1) is 25.0. The van der Waals surface area contributed by atoms with Crippen molar-refractivity contribution in [1.29, 1.82) is 0 Å². The Morgan fingerprint density at radius 1 is 1.15 bits per heavy atom. The topological polar surface area (TPSA) is 111 Å². The lowest BCUT2D eigenvalue weighted by Gasteiger charge is -2.14. The number of benzene rings is 2. The van der Waals surface area contributed by atoms with Crippen LogP contribution in [0.5, 0.6) is 0 Å². The van der Waals surface area contributed by atoms with Gasteiger partial charge in [0.1, 0.15) is 6.04 Å². The summed E-state index contributed by atoms with van der Waals surface area (Å²) in [5, 5.41) is 0. The van der Waals surface area contributed by atoms with Crippen molar-refractivity contribution in [3.8, 4) is 11.1 Å². The summed E-state index contributed by atoms with van der Waals surface area (Å²) >= 11 is 1.56. The van der Waals surface area contributed by atoms with Gasteiger partial charge in [-0.1, -0.05) is 30.3 Å². The minimum Gasteiger partial charge on any atom is -0.388 e. The molecule has 1 heterocycles. The van der Waals surface area contributed by atoms with E-state index in [2.05, 4.69) is 9.71 Å². The van der Waals surface area contributed by atoms with Crippen LogP contribution in [-0.2, 0) is 19.5 Å². The summed E-state index contributed by atoms with van der Waals surface area (Å²) in [5.74, 6) is -0.853. The standard InChI is InChI=1S/C23H23N3O4S3/c1-31-13-11-21(24)23(28)30-22(27)19-10-9-17(14-20(19)16-6-3-2-4-7-16)26-33(29)32-18-8-5-12-25-15-18/h2-10,12,14-15,21,26H,11,13,24H2,1H3/t21-,33?/m0/s1. The monoisotopic (exact) mass is 501 g/mol. The maximum Gasteiger partial charge on any atom is 0.346 e. The molecule has 0 amide bonds. The van der Waals surface area contributed by atoms with E-state index in [-0.39, 0.29) is 5.56 Å². The van der Waals surface area contributed by atoms with Crippen LogP contribution in [0.4, 0.5) is 5.69 Å². The van der Waals surface area contributed by atoms with E-state index in [1.54, 1.807) is 48.4 Å². The number of nitrogens with two attached hydrogens (primary N) is 1. The van der Waals surface area contributed by atoms with Gasteiger partial charge in [-0.05, 0) is 70.7 Å². The Hall–Kier alpha value is -2.66. The lowest BCUT2D eigenvalue weighted by atomic mass is 9.99. The number of thioether (sulfide) groups is 1. The highest BCUT2D eigenvalue weighted by molar-refractivity contribution is 8.69. The van der Waals surface area contributed by atoms with Crippen molar-refractivity contribution in [3.63, 3.8) is 0 Å². The number of ether oxygens (including phenoxy) is 1. The van der Waals surface area contributed by atoms with Crippen LogP contribution in [0.2, 0.25) is 0 Å². The summed E-state index contributed by atoms with van der Waals surface area (Å²) in [7, 11) is -0.369. The highest BCUT2D eigenvalue weighted by atomic mass is 33.1. The second-order valence-corrected chi connectivity index (χ2v) is 10.5. The Bertz CT molecular complexity index is 1110. The lowest BCUT2D eigenvalue weighted by Crippen LogP contribution is -2.34. The molecule has 10 heteroatoms. The van der Waals surface area contributed by atoms with Gasteiger partial charge in [-0.15, -0.1) is 0 Å². The van der Waals surface area contributed by atoms with E-state index in [4.69, 9.17) is 10.5 Å². The number of pyridine rings is 1. The molecule has 3 rings (SSSR count). The number of carbonyl (C=O) groups excluding carboxylic acids is 2. The number of anilines is 1. The third-order valence-corrected chi connectivity index (χ3v) is 7.37. The molecular weight excluding hydrogens is 478 g/mol. The maximum atomic E-state index is 12.8. The Labute approximate surface area is 202 Å². The summed E-state index contributed by atoms with van der Waals surface area (Å²) in [4.78, 5) is 29.8. The molecule has 0 saturated heterocycles. The molecule has 0 aliphatic rings. The normalized spacial score (nSPS) is 12.5. The van der Waals surface area contributed by atoms with Crippen molar-refractivity contribution in [2.45, 2.75) is 17.4 Å². The second kappa shape index (κ2) is 12.5. The van der Waals surface area contributed by atoms with E-state index in [9.17, 15) is 13.8 Å². The van der Waals surface area contributed by atoms with Gasteiger partial charge in [0.2, 0.25) is 0 Å². The molecular formula is C23H23N3O4S3. The summed E-state index contributed by atoms with van der Waals surface area (Å²) in [6, 6.07) is 16.8. The summed E-state index contributed by atoms with van der Waals surface area (Å²) in [6.07, 6.45) is 5.60. The minimum atomic E-state index is -1.48. The van der Waals surface area contributed by atoms with Crippen LogP contribution in [-0.4, -0.2) is 39.2 Å². The molecule has 2 aromatic carbocycles. The smallest absolute Gasteiger partial charge is 0.346 e. The van der Waals surface area contributed by atoms with Crippen LogP contribution < -0.4 is 10.5 Å². The fourth-order valence-electron chi connectivity index (χ4n) is 2.83. The van der Waals surface area contributed by atoms with Crippen molar-refractivity contribution in [2.24, 2.45) is 5.73 Å². The van der Waals surface area contributed by atoms with Gasteiger partial charge in [0, 0.05) is 23.0 Å². The number of esters is 2. The van der Waals surface area contributed by atoms with E-state index in [1.165, 1.54) is 0 Å². The molecule has 0 spiro atoms. The lowest BCUT2D eigenvalue weighted by molar-refractivity contribution is -0.139. The second-order valence-electron chi connectivity index (χ2n) is 6.83. The molecule has 0 fully saturated rings. The van der Waals surface area contributed by atoms with Crippen LogP contribution >= 0.6 is 22.6 Å². The van der Waals surface area contributed by atoms with Crippen molar-refractivity contribution < 1.29 is 18.5 Å². The van der Waals surface area contributed by atoms with Gasteiger partial charge in [-0.25, -0.2) is 13.8 Å². The quantitative estimate of drug-likeness (QED) is 0.240. The van der Waals surface area contributed by atoms with E-state index in [0.717, 1.165) is 21.3 Å². The van der Waals surface area contributed by atoms with Crippen LogP contribution in [0.1, 0.15) is 16.8 Å². The molecule has 33 heavy (non-hydrogen) atoms. The Balaban J connectivity index is 1.81. The Kier molecular flexibility index (Phi) is 9.49. The van der Waals surface area contributed by atoms with Gasteiger partial charge in [-0.2, -0.15) is 11.8 Å². The van der Waals surface area contributed by atoms with E-state index < -0.39 is 28.0 Å². The largest absolute Gasteiger partial charge is 0.388 e. The molecule has 3 N–H and O–H groups in total. The Morgan fingerprint density at radius 3 is 2.64 bits per heavy atom. The summed E-state index contributed by atoms with van der Waals surface area (Å²) < 4.78 is 20.5. The third kappa shape index (κ3) is 7.43. The van der Waals surface area contributed by atoms with Crippen LogP contribution in [0.3, 0.4) is 0 Å². The molecule has 0 radical (unpaired) electrons. The molecule has 1 aromatic heterocycles. The first-order chi connectivity index (χ1) is 16.0. The van der Waals surface area contributed by atoms with Crippen LogP contribution in [0.25, 0.3) is 11.1 Å². The summed E-state index contributed by atoms with van der Waals surface area (Å²) in [5.41, 5.74) is 7.88. The van der Waals surface area contributed by atoms with Gasteiger partial charge in [0.25, 0.3) is 0 Å². The van der Waals surface area contributed by atoms with E-state index in [0.29, 0.717) is 23.4 Å². The van der Waals surface area contributed by atoms with Crippen molar-refractivity contribution in [2.75, 3.05) is 16.7 Å².